The molecule has 0 radical (unpaired) electrons. The first kappa shape index (κ1) is 26.3. The fourth-order valence-electron chi connectivity index (χ4n) is 7.46. The lowest BCUT2D eigenvalue weighted by Crippen LogP contribution is -2.25. The van der Waals surface area contributed by atoms with E-state index in [9.17, 15) is 0 Å². The van der Waals surface area contributed by atoms with Gasteiger partial charge in [0, 0.05) is 0 Å². The molecule has 3 aliphatic rings. The van der Waals surface area contributed by atoms with Crippen LogP contribution in [0.15, 0.2) is 12.2 Å². The summed E-state index contributed by atoms with van der Waals surface area (Å²) in [5.41, 5.74) is 0. The summed E-state index contributed by atoms with van der Waals surface area (Å²) in [5, 5.41) is 0. The molecule has 0 spiro atoms. The molecule has 3 saturated carbocycles. The summed E-state index contributed by atoms with van der Waals surface area (Å²) in [4.78, 5) is 0. The van der Waals surface area contributed by atoms with E-state index in [1.807, 2.05) is 0 Å². The molecule has 0 heterocycles. The zero-order valence-corrected chi connectivity index (χ0v) is 22.2. The highest BCUT2D eigenvalue weighted by atomic mass is 14.4. The summed E-state index contributed by atoms with van der Waals surface area (Å²) in [6.45, 7) is 4.66. The molecule has 0 saturated heterocycles. The van der Waals surface area contributed by atoms with E-state index < -0.39 is 0 Å². The van der Waals surface area contributed by atoms with Gasteiger partial charge in [0.25, 0.3) is 0 Å². The molecular formula is C32H58. The lowest BCUT2D eigenvalue weighted by molar-refractivity contribution is 0.151. The van der Waals surface area contributed by atoms with Crippen molar-refractivity contribution in [2.45, 2.75) is 155 Å². The monoisotopic (exact) mass is 442 g/mol. The minimum atomic E-state index is 0.910. The van der Waals surface area contributed by atoms with Gasteiger partial charge in [-0.2, -0.15) is 0 Å². The second-order valence-electron chi connectivity index (χ2n) is 12.3. The first-order valence-corrected chi connectivity index (χ1v) is 15.5. The van der Waals surface area contributed by atoms with Gasteiger partial charge >= 0.3 is 0 Å². The van der Waals surface area contributed by atoms with E-state index in [0.29, 0.717) is 0 Å². The Bertz CT molecular complexity index is 466. The number of allylic oxidation sites excluding steroid dienone is 2. The lowest BCUT2D eigenvalue weighted by Gasteiger charge is -2.37. The SMILES string of the molecule is CCCCCCCC1CCC(C2CCC(C=CC3CCC(CCCCC)CC3)CC2)CC1. The van der Waals surface area contributed by atoms with Gasteiger partial charge in [0.15, 0.2) is 0 Å². The third kappa shape index (κ3) is 9.54. The molecule has 3 rings (SSSR count). The van der Waals surface area contributed by atoms with Gasteiger partial charge in [-0.25, -0.2) is 0 Å². The van der Waals surface area contributed by atoms with Crippen molar-refractivity contribution in [3.63, 3.8) is 0 Å². The van der Waals surface area contributed by atoms with E-state index in [1.165, 1.54) is 116 Å². The Balaban J connectivity index is 1.24. The molecule has 186 valence electrons. The second kappa shape index (κ2) is 15.6. The Morgan fingerprint density at radius 1 is 0.438 bits per heavy atom. The number of unbranched alkanes of at least 4 members (excludes halogenated alkanes) is 6. The normalized spacial score (nSPS) is 34.2. The molecule has 0 amide bonds. The third-order valence-electron chi connectivity index (χ3n) is 9.85. The first-order valence-electron chi connectivity index (χ1n) is 15.5. The summed E-state index contributed by atoms with van der Waals surface area (Å²) in [7, 11) is 0. The summed E-state index contributed by atoms with van der Waals surface area (Å²) in [5.74, 6) is 6.11. The molecule has 0 nitrogen and oxygen atoms in total. The highest BCUT2D eigenvalue weighted by Gasteiger charge is 2.30. The Kier molecular flexibility index (Phi) is 12.8. The van der Waals surface area contributed by atoms with Crippen LogP contribution in [0.3, 0.4) is 0 Å². The average molecular weight is 443 g/mol. The van der Waals surface area contributed by atoms with Crippen molar-refractivity contribution in [1.29, 1.82) is 0 Å². The summed E-state index contributed by atoms with van der Waals surface area (Å²) >= 11 is 0. The van der Waals surface area contributed by atoms with Crippen molar-refractivity contribution in [3.8, 4) is 0 Å². The molecular weight excluding hydrogens is 384 g/mol. The maximum Gasteiger partial charge on any atom is -0.0233 e. The summed E-state index contributed by atoms with van der Waals surface area (Å²) in [6, 6.07) is 0. The second-order valence-corrected chi connectivity index (χ2v) is 12.3. The topological polar surface area (TPSA) is 0 Å². The summed E-state index contributed by atoms with van der Waals surface area (Å²) < 4.78 is 0. The van der Waals surface area contributed by atoms with Gasteiger partial charge in [-0.1, -0.05) is 103 Å². The smallest absolute Gasteiger partial charge is 0.0233 e. The van der Waals surface area contributed by atoms with E-state index in [-0.39, 0.29) is 0 Å². The maximum absolute atomic E-state index is 2.67. The Labute approximate surface area is 202 Å². The lowest BCUT2D eigenvalue weighted by atomic mass is 9.68. The molecule has 0 unspecified atom stereocenters. The quantitative estimate of drug-likeness (QED) is 0.196. The van der Waals surface area contributed by atoms with Crippen molar-refractivity contribution in [2.75, 3.05) is 0 Å². The number of hydrogen-bond donors (Lipinski definition) is 0. The van der Waals surface area contributed by atoms with Gasteiger partial charge < -0.3 is 0 Å². The van der Waals surface area contributed by atoms with Crippen LogP contribution < -0.4 is 0 Å². The predicted octanol–water partition coefficient (Wildman–Crippen LogP) is 10.9. The van der Waals surface area contributed by atoms with Crippen molar-refractivity contribution >= 4 is 0 Å². The van der Waals surface area contributed by atoms with E-state index in [0.717, 1.165) is 35.5 Å². The molecule has 0 N–H and O–H groups in total. The predicted molar refractivity (Wildman–Crippen MR) is 143 cm³/mol. The average Bonchev–Trinajstić information content (AvgIpc) is 2.84. The van der Waals surface area contributed by atoms with Gasteiger partial charge in [-0.05, 0) is 99.7 Å². The van der Waals surface area contributed by atoms with Crippen molar-refractivity contribution in [1.82, 2.24) is 0 Å². The van der Waals surface area contributed by atoms with E-state index in [2.05, 4.69) is 26.0 Å². The van der Waals surface area contributed by atoms with Gasteiger partial charge in [-0.3, -0.25) is 0 Å². The Morgan fingerprint density at radius 2 is 0.812 bits per heavy atom. The van der Waals surface area contributed by atoms with Gasteiger partial charge in [-0.15, -0.1) is 0 Å². The van der Waals surface area contributed by atoms with E-state index >= 15 is 0 Å². The molecule has 0 heteroatoms. The van der Waals surface area contributed by atoms with Gasteiger partial charge in [0.1, 0.15) is 0 Å². The van der Waals surface area contributed by atoms with Crippen molar-refractivity contribution in [2.24, 2.45) is 35.5 Å². The largest absolute Gasteiger partial charge is 0.0851 e. The van der Waals surface area contributed by atoms with Crippen LogP contribution in [0.1, 0.15) is 155 Å². The van der Waals surface area contributed by atoms with Gasteiger partial charge in [0.05, 0.1) is 0 Å². The molecule has 32 heavy (non-hydrogen) atoms. The van der Waals surface area contributed by atoms with Crippen LogP contribution in [0.25, 0.3) is 0 Å². The highest BCUT2D eigenvalue weighted by molar-refractivity contribution is 4.97. The van der Waals surface area contributed by atoms with Crippen LogP contribution in [-0.2, 0) is 0 Å². The fraction of sp³-hybridized carbons (Fsp3) is 0.938. The molecule has 0 aliphatic heterocycles. The van der Waals surface area contributed by atoms with E-state index in [1.54, 1.807) is 25.7 Å². The number of hydrogen-bond acceptors (Lipinski definition) is 0. The van der Waals surface area contributed by atoms with Gasteiger partial charge in [0.2, 0.25) is 0 Å². The zero-order chi connectivity index (χ0) is 22.4. The molecule has 0 aromatic rings. The minimum absolute atomic E-state index is 0.910. The molecule has 0 aromatic heterocycles. The Morgan fingerprint density at radius 3 is 1.34 bits per heavy atom. The standard InChI is InChI=1S/C32H58/c1-3-5-7-8-10-12-28-19-23-31(24-20-28)32-25-21-30(22-26-32)18-17-29-15-13-27(14-16-29)11-9-6-4-2/h17-18,27-32H,3-16,19-26H2,1-2H3. The first-order chi connectivity index (χ1) is 15.8. The van der Waals surface area contributed by atoms with Crippen LogP contribution >= 0.6 is 0 Å². The summed E-state index contributed by atoms with van der Waals surface area (Å²) in [6.07, 6.45) is 38.2. The van der Waals surface area contributed by atoms with E-state index in [4.69, 9.17) is 0 Å². The maximum atomic E-state index is 2.67. The molecule has 0 bridgehead atoms. The van der Waals surface area contributed by atoms with Crippen molar-refractivity contribution in [3.05, 3.63) is 12.2 Å². The van der Waals surface area contributed by atoms with Crippen LogP contribution in [-0.4, -0.2) is 0 Å². The number of rotatable bonds is 13. The minimum Gasteiger partial charge on any atom is -0.0851 e. The van der Waals surface area contributed by atoms with Crippen LogP contribution in [0, 0.1) is 35.5 Å². The molecule has 3 aliphatic carbocycles. The third-order valence-corrected chi connectivity index (χ3v) is 9.85. The molecule has 0 aromatic carbocycles. The fourth-order valence-corrected chi connectivity index (χ4v) is 7.46. The van der Waals surface area contributed by atoms with Crippen LogP contribution in [0.2, 0.25) is 0 Å². The van der Waals surface area contributed by atoms with Crippen LogP contribution in [0.5, 0.6) is 0 Å². The molecule has 0 atom stereocenters. The van der Waals surface area contributed by atoms with Crippen molar-refractivity contribution < 1.29 is 0 Å². The zero-order valence-electron chi connectivity index (χ0n) is 22.2. The Hall–Kier alpha value is -0.260. The highest BCUT2D eigenvalue weighted by Crippen LogP contribution is 2.43. The van der Waals surface area contributed by atoms with Crippen LogP contribution in [0.4, 0.5) is 0 Å². The molecule has 3 fully saturated rings.